The molecule has 1 saturated heterocycles. The third-order valence-electron chi connectivity index (χ3n) is 5.80. The minimum absolute atomic E-state index is 0.380. The molecule has 5 rings (SSSR count). The molecule has 0 unspecified atom stereocenters. The molecule has 0 bridgehead atoms. The van der Waals surface area contributed by atoms with Crippen LogP contribution in [-0.2, 0) is 6.67 Å². The lowest BCUT2D eigenvalue weighted by atomic mass is 9.97. The molecule has 0 radical (unpaired) electrons. The van der Waals surface area contributed by atoms with Gasteiger partial charge in [-0.1, -0.05) is 12.1 Å². The summed E-state index contributed by atoms with van der Waals surface area (Å²) in [4.78, 5) is 7.13. The van der Waals surface area contributed by atoms with Gasteiger partial charge in [-0.2, -0.15) is 0 Å². The molecule has 2 aromatic heterocycles. The molecule has 4 aromatic rings. The molecule has 0 saturated carbocycles. The number of methoxy groups -OCH3 is 1. The maximum atomic E-state index is 5.99. The first kappa shape index (κ1) is 19.1. The fraction of sp³-hybridized carbons (Fsp3) is 0.304. The summed E-state index contributed by atoms with van der Waals surface area (Å²) in [6, 6.07) is 15.9. The number of hydrogen-bond acceptors (Lipinski definition) is 5. The van der Waals surface area contributed by atoms with E-state index < -0.39 is 0 Å². The van der Waals surface area contributed by atoms with E-state index in [0.717, 1.165) is 65.8 Å². The van der Waals surface area contributed by atoms with E-state index in [-0.39, 0.29) is 0 Å². The second-order valence-corrected chi connectivity index (χ2v) is 8.04. The van der Waals surface area contributed by atoms with Gasteiger partial charge >= 0.3 is 0 Å². The Morgan fingerprint density at radius 3 is 2.57 bits per heavy atom. The predicted octanol–water partition coefficient (Wildman–Crippen LogP) is 5.00. The molecular formula is C23H24N4O2S. The lowest BCUT2D eigenvalue weighted by Gasteiger charge is -2.30. The summed E-state index contributed by atoms with van der Waals surface area (Å²) in [5.41, 5.74) is 2.86. The van der Waals surface area contributed by atoms with E-state index in [0.29, 0.717) is 5.92 Å². The Morgan fingerprint density at radius 1 is 1.07 bits per heavy atom. The van der Waals surface area contributed by atoms with Crippen molar-refractivity contribution < 1.29 is 9.15 Å². The summed E-state index contributed by atoms with van der Waals surface area (Å²) in [5, 5.41) is 0. The van der Waals surface area contributed by atoms with Crippen molar-refractivity contribution in [2.24, 2.45) is 0 Å². The Labute approximate surface area is 180 Å². The molecule has 2 aromatic carbocycles. The first-order valence-corrected chi connectivity index (χ1v) is 10.6. The van der Waals surface area contributed by atoms with Crippen molar-refractivity contribution in [3.63, 3.8) is 0 Å². The Morgan fingerprint density at radius 2 is 1.83 bits per heavy atom. The number of ether oxygens (including phenoxy) is 1. The number of nitrogens with zero attached hydrogens (tertiary/aromatic N) is 4. The van der Waals surface area contributed by atoms with Crippen molar-refractivity contribution in [1.82, 2.24) is 19.0 Å². The summed E-state index contributed by atoms with van der Waals surface area (Å²) in [6.07, 6.45) is 6.16. The van der Waals surface area contributed by atoms with Crippen molar-refractivity contribution in [3.8, 4) is 11.4 Å². The van der Waals surface area contributed by atoms with E-state index in [1.807, 2.05) is 59.3 Å². The Bertz CT molecular complexity index is 1170. The van der Waals surface area contributed by atoms with Crippen molar-refractivity contribution in [2.45, 2.75) is 25.4 Å². The summed E-state index contributed by atoms with van der Waals surface area (Å²) >= 11 is 5.72. The topological polar surface area (TPSA) is 48.4 Å². The third kappa shape index (κ3) is 3.66. The van der Waals surface area contributed by atoms with Crippen LogP contribution in [0.25, 0.3) is 16.8 Å². The zero-order valence-electron chi connectivity index (χ0n) is 16.9. The molecule has 7 heteroatoms. The molecule has 154 valence electrons. The van der Waals surface area contributed by atoms with Gasteiger partial charge in [-0.25, -0.2) is 4.98 Å². The number of fused-ring (bicyclic) bond motifs is 1. The van der Waals surface area contributed by atoms with Crippen LogP contribution in [0.5, 0.6) is 5.75 Å². The lowest BCUT2D eigenvalue weighted by molar-refractivity contribution is 0.161. The van der Waals surface area contributed by atoms with Gasteiger partial charge in [0.15, 0.2) is 16.2 Å². The van der Waals surface area contributed by atoms with Crippen molar-refractivity contribution in [1.29, 1.82) is 0 Å². The van der Waals surface area contributed by atoms with Gasteiger partial charge < -0.3 is 13.7 Å². The molecule has 0 amide bonds. The molecule has 1 aliphatic rings. The summed E-state index contributed by atoms with van der Waals surface area (Å²) in [6.45, 7) is 2.79. The quantitative estimate of drug-likeness (QED) is 0.426. The number of piperidine rings is 1. The van der Waals surface area contributed by atoms with E-state index in [1.54, 1.807) is 7.11 Å². The maximum absolute atomic E-state index is 5.99. The Hall–Kier alpha value is -2.90. The molecule has 6 nitrogen and oxygen atoms in total. The summed E-state index contributed by atoms with van der Waals surface area (Å²) in [7, 11) is 1.67. The van der Waals surface area contributed by atoms with Crippen LogP contribution in [0.3, 0.4) is 0 Å². The van der Waals surface area contributed by atoms with Gasteiger partial charge in [0.2, 0.25) is 0 Å². The van der Waals surface area contributed by atoms with Crippen molar-refractivity contribution in [2.75, 3.05) is 20.2 Å². The standard InChI is InChI=1S/C23H24N4O2S/c1-28-19-8-6-18(7-9-19)27-15-14-26(23(27)30)16-25-12-10-17(11-13-25)22-24-20-4-2-3-5-21(20)29-22/h2-9,14-15,17H,10-13,16H2,1H3. The van der Waals surface area contributed by atoms with Crippen molar-refractivity contribution in [3.05, 3.63) is 71.6 Å². The molecule has 0 spiro atoms. The molecule has 3 heterocycles. The summed E-state index contributed by atoms with van der Waals surface area (Å²) in [5.74, 6) is 2.09. The molecule has 1 aliphatic heterocycles. The molecule has 0 atom stereocenters. The zero-order chi connectivity index (χ0) is 20.5. The van der Waals surface area contributed by atoms with Gasteiger partial charge in [0.25, 0.3) is 0 Å². The normalized spacial score (nSPS) is 15.6. The second-order valence-electron chi connectivity index (χ2n) is 7.67. The number of rotatable bonds is 5. The monoisotopic (exact) mass is 420 g/mol. The first-order chi connectivity index (χ1) is 14.7. The number of benzene rings is 2. The van der Waals surface area contributed by atoms with Crippen LogP contribution in [0.15, 0.2) is 65.3 Å². The van der Waals surface area contributed by atoms with E-state index in [4.69, 9.17) is 21.4 Å². The van der Waals surface area contributed by atoms with Gasteiger partial charge in [-0.15, -0.1) is 0 Å². The average molecular weight is 421 g/mol. The molecule has 30 heavy (non-hydrogen) atoms. The highest BCUT2D eigenvalue weighted by Gasteiger charge is 2.25. The highest BCUT2D eigenvalue weighted by Crippen LogP contribution is 2.30. The van der Waals surface area contributed by atoms with Gasteiger partial charge in [0.1, 0.15) is 11.3 Å². The molecular weight excluding hydrogens is 396 g/mol. The molecule has 1 fully saturated rings. The highest BCUT2D eigenvalue weighted by molar-refractivity contribution is 7.71. The number of aromatic nitrogens is 3. The van der Waals surface area contributed by atoms with Crippen LogP contribution in [0, 0.1) is 4.77 Å². The molecule has 0 aliphatic carbocycles. The largest absolute Gasteiger partial charge is 0.497 e. The van der Waals surface area contributed by atoms with Crippen LogP contribution in [-0.4, -0.2) is 39.2 Å². The SMILES string of the molecule is COc1ccc(-n2ccn(CN3CCC(c4nc5ccccc5o4)CC3)c2=S)cc1. The second kappa shape index (κ2) is 8.08. The van der Waals surface area contributed by atoms with Crippen LogP contribution >= 0.6 is 12.2 Å². The zero-order valence-corrected chi connectivity index (χ0v) is 17.7. The Kier molecular flexibility index (Phi) is 5.14. The number of para-hydroxylation sites is 2. The van der Waals surface area contributed by atoms with Gasteiger partial charge in [0, 0.05) is 37.1 Å². The lowest BCUT2D eigenvalue weighted by Crippen LogP contribution is -2.34. The predicted molar refractivity (Wildman–Crippen MR) is 119 cm³/mol. The van der Waals surface area contributed by atoms with Gasteiger partial charge in [-0.05, 0) is 61.5 Å². The minimum Gasteiger partial charge on any atom is -0.497 e. The smallest absolute Gasteiger partial charge is 0.198 e. The minimum atomic E-state index is 0.380. The Balaban J connectivity index is 1.24. The number of imidazole rings is 1. The molecule has 0 N–H and O–H groups in total. The highest BCUT2D eigenvalue weighted by atomic mass is 32.1. The van der Waals surface area contributed by atoms with E-state index in [2.05, 4.69) is 20.6 Å². The fourth-order valence-corrected chi connectivity index (χ4v) is 4.35. The van der Waals surface area contributed by atoms with E-state index in [9.17, 15) is 0 Å². The number of likely N-dealkylation sites (tertiary alicyclic amines) is 1. The van der Waals surface area contributed by atoms with E-state index in [1.165, 1.54) is 0 Å². The number of oxazole rings is 1. The van der Waals surface area contributed by atoms with Crippen LogP contribution in [0.1, 0.15) is 24.7 Å². The average Bonchev–Trinajstić information content (AvgIpc) is 3.38. The van der Waals surface area contributed by atoms with E-state index >= 15 is 0 Å². The van der Waals surface area contributed by atoms with Gasteiger partial charge in [0.05, 0.1) is 13.8 Å². The van der Waals surface area contributed by atoms with Gasteiger partial charge in [-0.3, -0.25) is 9.47 Å². The maximum Gasteiger partial charge on any atom is 0.198 e. The fourth-order valence-electron chi connectivity index (χ4n) is 4.06. The van der Waals surface area contributed by atoms with Crippen LogP contribution < -0.4 is 4.74 Å². The van der Waals surface area contributed by atoms with Crippen LogP contribution in [0.2, 0.25) is 0 Å². The first-order valence-electron chi connectivity index (χ1n) is 10.2. The summed E-state index contributed by atoms with van der Waals surface area (Å²) < 4.78 is 16.2. The number of hydrogen-bond donors (Lipinski definition) is 0. The third-order valence-corrected chi connectivity index (χ3v) is 6.23. The van der Waals surface area contributed by atoms with Crippen LogP contribution in [0.4, 0.5) is 0 Å². The van der Waals surface area contributed by atoms with Crippen molar-refractivity contribution >= 4 is 23.3 Å².